The van der Waals surface area contributed by atoms with E-state index < -0.39 is 0 Å². The maximum absolute atomic E-state index is 12.2. The predicted octanol–water partition coefficient (Wildman–Crippen LogP) is 3.84. The zero-order valence-electron chi connectivity index (χ0n) is 12.7. The van der Waals surface area contributed by atoms with E-state index in [1.165, 1.54) is 11.8 Å². The van der Waals surface area contributed by atoms with E-state index in [0.717, 1.165) is 17.7 Å². The number of hydrogen-bond donors (Lipinski definition) is 1. The minimum absolute atomic E-state index is 0.129. The van der Waals surface area contributed by atoms with Crippen LogP contribution in [-0.4, -0.2) is 35.4 Å². The van der Waals surface area contributed by atoms with Gasteiger partial charge in [0.25, 0.3) is 5.91 Å². The molecule has 2 aromatic rings. The summed E-state index contributed by atoms with van der Waals surface area (Å²) in [6, 6.07) is 8.82. The topological polar surface area (TPSA) is 64.1 Å². The van der Waals surface area contributed by atoms with Crippen molar-refractivity contribution < 1.29 is 9.53 Å². The van der Waals surface area contributed by atoms with E-state index >= 15 is 0 Å². The third-order valence-corrected chi connectivity index (χ3v) is 5.48. The molecule has 8 heteroatoms. The number of aromatic nitrogens is 2. The number of amides is 1. The maximum Gasteiger partial charge on any atom is 0.272 e. The lowest BCUT2D eigenvalue weighted by Crippen LogP contribution is -2.39. The number of nitrogens with one attached hydrogen (secondary N) is 1. The average molecular weight is 384 g/mol. The van der Waals surface area contributed by atoms with Gasteiger partial charge in [0.15, 0.2) is 5.69 Å². The first-order valence-electron chi connectivity index (χ1n) is 7.47. The standard InChI is InChI=1S/C16H15Cl2N3O2S/c17-11-2-1-3-12(18)15(11)24-14-5-4-13(20-21-14)16(22)19-10-6-8-23-9-7-10/h1-5,10H,6-9H2,(H,19,22). The van der Waals surface area contributed by atoms with Gasteiger partial charge in [-0.2, -0.15) is 0 Å². The molecule has 0 bridgehead atoms. The van der Waals surface area contributed by atoms with Crippen molar-refractivity contribution in [3.8, 4) is 0 Å². The monoisotopic (exact) mass is 383 g/mol. The summed E-state index contributed by atoms with van der Waals surface area (Å²) >= 11 is 13.6. The average Bonchev–Trinajstić information content (AvgIpc) is 2.60. The Hall–Kier alpha value is -1.34. The lowest BCUT2D eigenvalue weighted by atomic mass is 10.1. The molecular formula is C16H15Cl2N3O2S. The Morgan fingerprint density at radius 2 is 1.83 bits per heavy atom. The second-order valence-corrected chi connectivity index (χ2v) is 7.11. The highest BCUT2D eigenvalue weighted by Crippen LogP contribution is 2.37. The molecule has 1 aliphatic rings. The summed E-state index contributed by atoms with van der Waals surface area (Å²) in [5.74, 6) is -0.221. The van der Waals surface area contributed by atoms with Gasteiger partial charge < -0.3 is 10.1 Å². The molecule has 0 atom stereocenters. The summed E-state index contributed by atoms with van der Waals surface area (Å²) in [4.78, 5) is 12.9. The van der Waals surface area contributed by atoms with Crippen LogP contribution >= 0.6 is 35.0 Å². The normalized spacial score (nSPS) is 15.2. The fraction of sp³-hybridized carbons (Fsp3) is 0.312. The molecule has 1 saturated heterocycles. The van der Waals surface area contributed by atoms with Gasteiger partial charge in [-0.15, -0.1) is 10.2 Å². The molecular weight excluding hydrogens is 369 g/mol. The Balaban J connectivity index is 1.65. The molecule has 126 valence electrons. The summed E-state index contributed by atoms with van der Waals surface area (Å²) in [6.07, 6.45) is 1.64. The number of halogens is 2. The highest BCUT2D eigenvalue weighted by atomic mass is 35.5. The molecule has 1 aromatic heterocycles. The van der Waals surface area contributed by atoms with E-state index in [0.29, 0.717) is 28.3 Å². The van der Waals surface area contributed by atoms with Crippen LogP contribution < -0.4 is 5.32 Å². The molecule has 2 heterocycles. The van der Waals surface area contributed by atoms with Crippen molar-refractivity contribution in [3.05, 3.63) is 46.1 Å². The zero-order valence-corrected chi connectivity index (χ0v) is 15.0. The number of benzene rings is 1. The molecule has 1 aromatic carbocycles. The Bertz CT molecular complexity index is 702. The molecule has 0 radical (unpaired) electrons. The van der Waals surface area contributed by atoms with Gasteiger partial charge in [-0.1, -0.05) is 41.0 Å². The van der Waals surface area contributed by atoms with Gasteiger partial charge in [0.1, 0.15) is 5.03 Å². The zero-order chi connectivity index (χ0) is 16.9. The van der Waals surface area contributed by atoms with Crippen LogP contribution in [0.2, 0.25) is 10.0 Å². The fourth-order valence-electron chi connectivity index (χ4n) is 2.28. The molecule has 1 fully saturated rings. The van der Waals surface area contributed by atoms with Crippen LogP contribution in [0.3, 0.4) is 0 Å². The molecule has 3 rings (SSSR count). The number of ether oxygens (including phenoxy) is 1. The van der Waals surface area contributed by atoms with Crippen LogP contribution in [0.25, 0.3) is 0 Å². The first-order chi connectivity index (χ1) is 11.6. The Labute approximate surface area is 154 Å². The Morgan fingerprint density at radius 1 is 1.12 bits per heavy atom. The van der Waals surface area contributed by atoms with E-state index in [-0.39, 0.29) is 17.6 Å². The van der Waals surface area contributed by atoms with Gasteiger partial charge in [0.2, 0.25) is 0 Å². The molecule has 1 amide bonds. The van der Waals surface area contributed by atoms with Gasteiger partial charge in [0, 0.05) is 19.3 Å². The molecule has 24 heavy (non-hydrogen) atoms. The van der Waals surface area contributed by atoms with E-state index in [2.05, 4.69) is 15.5 Å². The second-order valence-electron chi connectivity index (χ2n) is 5.27. The first kappa shape index (κ1) is 17.5. The molecule has 0 aliphatic carbocycles. The van der Waals surface area contributed by atoms with Crippen LogP contribution in [0, 0.1) is 0 Å². The quantitative estimate of drug-likeness (QED) is 0.868. The van der Waals surface area contributed by atoms with Gasteiger partial charge in [-0.3, -0.25) is 4.79 Å². The van der Waals surface area contributed by atoms with Crippen LogP contribution in [0.15, 0.2) is 40.3 Å². The van der Waals surface area contributed by atoms with Crippen molar-refractivity contribution in [1.29, 1.82) is 0 Å². The minimum Gasteiger partial charge on any atom is -0.381 e. The van der Waals surface area contributed by atoms with Crippen LogP contribution in [0.5, 0.6) is 0 Å². The smallest absolute Gasteiger partial charge is 0.272 e. The largest absolute Gasteiger partial charge is 0.381 e. The summed E-state index contributed by atoms with van der Waals surface area (Å²) in [6.45, 7) is 1.34. The van der Waals surface area contributed by atoms with Crippen molar-refractivity contribution >= 4 is 40.9 Å². The lowest BCUT2D eigenvalue weighted by Gasteiger charge is -2.22. The van der Waals surface area contributed by atoms with E-state index in [1.807, 2.05) is 0 Å². The van der Waals surface area contributed by atoms with Crippen LogP contribution in [0.4, 0.5) is 0 Å². The molecule has 1 N–H and O–H groups in total. The highest BCUT2D eigenvalue weighted by Gasteiger charge is 2.18. The van der Waals surface area contributed by atoms with Crippen LogP contribution in [-0.2, 0) is 4.74 Å². The second kappa shape index (κ2) is 8.16. The first-order valence-corrected chi connectivity index (χ1v) is 9.05. The summed E-state index contributed by atoms with van der Waals surface area (Å²) in [5.41, 5.74) is 0.288. The lowest BCUT2D eigenvalue weighted by molar-refractivity contribution is 0.0693. The van der Waals surface area contributed by atoms with Crippen molar-refractivity contribution in [2.45, 2.75) is 28.8 Å². The van der Waals surface area contributed by atoms with Crippen LogP contribution in [0.1, 0.15) is 23.3 Å². The highest BCUT2D eigenvalue weighted by molar-refractivity contribution is 7.99. The Morgan fingerprint density at radius 3 is 2.46 bits per heavy atom. The predicted molar refractivity (Wildman–Crippen MR) is 93.9 cm³/mol. The molecule has 5 nitrogen and oxygen atoms in total. The van der Waals surface area contributed by atoms with Gasteiger partial charge in [-0.05, 0) is 37.1 Å². The molecule has 0 saturated carbocycles. The molecule has 0 unspecified atom stereocenters. The van der Waals surface area contributed by atoms with E-state index in [9.17, 15) is 4.79 Å². The number of nitrogens with zero attached hydrogens (tertiary/aromatic N) is 2. The van der Waals surface area contributed by atoms with E-state index in [1.54, 1.807) is 30.3 Å². The third kappa shape index (κ3) is 4.39. The number of carbonyl (C=O) groups is 1. The maximum atomic E-state index is 12.2. The third-order valence-electron chi connectivity index (χ3n) is 3.55. The van der Waals surface area contributed by atoms with Gasteiger partial charge in [0.05, 0.1) is 14.9 Å². The fourth-order valence-corrected chi connectivity index (χ4v) is 3.67. The Kier molecular flexibility index (Phi) is 5.94. The van der Waals surface area contributed by atoms with Crippen molar-refractivity contribution in [1.82, 2.24) is 15.5 Å². The summed E-state index contributed by atoms with van der Waals surface area (Å²) in [5, 5.41) is 12.8. The van der Waals surface area contributed by atoms with Gasteiger partial charge >= 0.3 is 0 Å². The van der Waals surface area contributed by atoms with Gasteiger partial charge in [-0.25, -0.2) is 0 Å². The van der Waals surface area contributed by atoms with E-state index in [4.69, 9.17) is 27.9 Å². The number of rotatable bonds is 4. The summed E-state index contributed by atoms with van der Waals surface area (Å²) < 4.78 is 5.27. The summed E-state index contributed by atoms with van der Waals surface area (Å²) in [7, 11) is 0. The SMILES string of the molecule is O=C(NC1CCOCC1)c1ccc(Sc2c(Cl)cccc2Cl)nn1. The minimum atomic E-state index is -0.221. The van der Waals surface area contributed by atoms with Crippen molar-refractivity contribution in [2.24, 2.45) is 0 Å². The molecule has 1 aliphatic heterocycles. The number of hydrogen-bond acceptors (Lipinski definition) is 5. The van der Waals surface area contributed by atoms with Crippen molar-refractivity contribution in [2.75, 3.05) is 13.2 Å². The molecule has 0 spiro atoms. The number of carbonyl (C=O) groups excluding carboxylic acids is 1. The van der Waals surface area contributed by atoms with Crippen molar-refractivity contribution in [3.63, 3.8) is 0 Å².